The van der Waals surface area contributed by atoms with Crippen LogP contribution in [0.25, 0.3) is 0 Å². The van der Waals surface area contributed by atoms with Crippen molar-refractivity contribution in [3.8, 4) is 0 Å². The summed E-state index contributed by atoms with van der Waals surface area (Å²) in [7, 11) is 0. The molecule has 0 aromatic heterocycles. The van der Waals surface area contributed by atoms with Gasteiger partial charge in [-0.2, -0.15) is 13.2 Å². The molecule has 0 saturated heterocycles. The van der Waals surface area contributed by atoms with Crippen LogP contribution in [0.15, 0.2) is 0 Å². The SMILES string of the molecule is NC1CCCCCC1C(=O)NC1CCCCC1C(F)(F)F. The lowest BCUT2D eigenvalue weighted by molar-refractivity contribution is -0.189. The van der Waals surface area contributed by atoms with Crippen LogP contribution >= 0.6 is 0 Å². The number of amides is 1. The monoisotopic (exact) mass is 306 g/mol. The molecule has 122 valence electrons. The fourth-order valence-electron chi connectivity index (χ4n) is 3.65. The molecule has 2 aliphatic carbocycles. The fourth-order valence-corrected chi connectivity index (χ4v) is 3.65. The van der Waals surface area contributed by atoms with Gasteiger partial charge < -0.3 is 11.1 Å². The molecule has 0 heterocycles. The third kappa shape index (κ3) is 4.34. The van der Waals surface area contributed by atoms with E-state index in [0.29, 0.717) is 19.3 Å². The van der Waals surface area contributed by atoms with Crippen LogP contribution in [0.5, 0.6) is 0 Å². The van der Waals surface area contributed by atoms with Crippen molar-refractivity contribution in [2.45, 2.75) is 76.0 Å². The van der Waals surface area contributed by atoms with E-state index in [-0.39, 0.29) is 24.3 Å². The van der Waals surface area contributed by atoms with Crippen molar-refractivity contribution in [2.24, 2.45) is 17.6 Å². The second-order valence-corrected chi connectivity index (χ2v) is 6.46. The maximum Gasteiger partial charge on any atom is 0.393 e. The molecule has 4 unspecified atom stereocenters. The molecule has 3 N–H and O–H groups in total. The van der Waals surface area contributed by atoms with Crippen molar-refractivity contribution in [3.05, 3.63) is 0 Å². The first-order valence-corrected chi connectivity index (χ1v) is 8.02. The van der Waals surface area contributed by atoms with Crippen molar-refractivity contribution in [3.63, 3.8) is 0 Å². The van der Waals surface area contributed by atoms with Gasteiger partial charge >= 0.3 is 6.18 Å². The fraction of sp³-hybridized carbons (Fsp3) is 0.933. The van der Waals surface area contributed by atoms with Crippen LogP contribution in [0, 0.1) is 11.8 Å². The zero-order valence-corrected chi connectivity index (χ0v) is 12.3. The van der Waals surface area contributed by atoms with Crippen molar-refractivity contribution in [1.82, 2.24) is 5.32 Å². The van der Waals surface area contributed by atoms with Gasteiger partial charge in [-0.25, -0.2) is 0 Å². The molecule has 1 amide bonds. The molecular formula is C15H25F3N2O. The van der Waals surface area contributed by atoms with E-state index in [4.69, 9.17) is 5.73 Å². The van der Waals surface area contributed by atoms with Crippen molar-refractivity contribution in [1.29, 1.82) is 0 Å². The van der Waals surface area contributed by atoms with Crippen LogP contribution in [0.2, 0.25) is 0 Å². The standard InChI is InChI=1S/C15H25F3N2O/c16-15(17,18)11-7-4-5-9-13(11)20-14(21)10-6-2-1-3-8-12(10)19/h10-13H,1-9,19H2,(H,20,21). The maximum atomic E-state index is 13.0. The zero-order valence-electron chi connectivity index (χ0n) is 12.3. The number of carbonyl (C=O) groups excluding carboxylic acids is 1. The van der Waals surface area contributed by atoms with Gasteiger partial charge in [-0.05, 0) is 25.7 Å². The Balaban J connectivity index is 1.99. The molecule has 2 saturated carbocycles. The largest absolute Gasteiger partial charge is 0.393 e. The van der Waals surface area contributed by atoms with E-state index >= 15 is 0 Å². The third-order valence-electron chi connectivity index (χ3n) is 4.92. The predicted octanol–water partition coefficient (Wildman–Crippen LogP) is 3.13. The summed E-state index contributed by atoms with van der Waals surface area (Å²) >= 11 is 0. The number of carbonyl (C=O) groups is 1. The van der Waals surface area contributed by atoms with Crippen molar-refractivity contribution in [2.75, 3.05) is 0 Å². The van der Waals surface area contributed by atoms with Gasteiger partial charge in [0.15, 0.2) is 0 Å². The number of hydrogen-bond acceptors (Lipinski definition) is 2. The Labute approximate surface area is 123 Å². The van der Waals surface area contributed by atoms with Gasteiger partial charge in [-0.15, -0.1) is 0 Å². The summed E-state index contributed by atoms with van der Waals surface area (Å²) in [6.07, 6.45) is 2.08. The average molecular weight is 306 g/mol. The van der Waals surface area contributed by atoms with E-state index in [0.717, 1.165) is 32.1 Å². The molecule has 0 spiro atoms. The molecule has 0 bridgehead atoms. The number of hydrogen-bond donors (Lipinski definition) is 2. The van der Waals surface area contributed by atoms with Crippen LogP contribution in [-0.2, 0) is 4.79 Å². The second kappa shape index (κ2) is 6.99. The molecule has 2 fully saturated rings. The highest BCUT2D eigenvalue weighted by atomic mass is 19.4. The highest BCUT2D eigenvalue weighted by Crippen LogP contribution is 2.38. The van der Waals surface area contributed by atoms with Gasteiger partial charge in [0, 0.05) is 12.1 Å². The summed E-state index contributed by atoms with van der Waals surface area (Å²) in [5.74, 6) is -2.01. The molecule has 21 heavy (non-hydrogen) atoms. The van der Waals surface area contributed by atoms with Gasteiger partial charge in [-0.3, -0.25) is 4.79 Å². The number of nitrogens with two attached hydrogens (primary N) is 1. The Kier molecular flexibility index (Phi) is 5.52. The third-order valence-corrected chi connectivity index (χ3v) is 4.92. The zero-order chi connectivity index (χ0) is 15.5. The van der Waals surface area contributed by atoms with Gasteiger partial charge in [0.1, 0.15) is 0 Å². The predicted molar refractivity (Wildman–Crippen MR) is 74.5 cm³/mol. The van der Waals surface area contributed by atoms with Crippen LogP contribution < -0.4 is 11.1 Å². The summed E-state index contributed by atoms with van der Waals surface area (Å²) < 4.78 is 39.1. The van der Waals surface area contributed by atoms with E-state index < -0.39 is 18.1 Å². The topological polar surface area (TPSA) is 55.1 Å². The van der Waals surface area contributed by atoms with Crippen molar-refractivity contribution < 1.29 is 18.0 Å². The molecule has 3 nitrogen and oxygen atoms in total. The summed E-state index contributed by atoms with van der Waals surface area (Å²) in [4.78, 5) is 12.3. The molecule has 0 aromatic rings. The summed E-state index contributed by atoms with van der Waals surface area (Å²) in [5.41, 5.74) is 6.02. The number of rotatable bonds is 2. The summed E-state index contributed by atoms with van der Waals surface area (Å²) in [6, 6.07) is -0.998. The molecule has 0 aliphatic heterocycles. The number of halogens is 3. The van der Waals surface area contributed by atoms with Crippen LogP contribution in [0.1, 0.15) is 57.8 Å². The minimum absolute atomic E-state index is 0.116. The molecule has 6 heteroatoms. The first kappa shape index (κ1) is 16.6. The Bertz CT molecular complexity index is 359. The summed E-state index contributed by atoms with van der Waals surface area (Å²) in [5, 5.41) is 2.66. The highest BCUT2D eigenvalue weighted by Gasteiger charge is 2.46. The number of alkyl halides is 3. The summed E-state index contributed by atoms with van der Waals surface area (Å²) in [6.45, 7) is 0. The molecule has 0 aromatic carbocycles. The Morgan fingerprint density at radius 2 is 1.57 bits per heavy atom. The Morgan fingerprint density at radius 1 is 0.952 bits per heavy atom. The van der Waals surface area contributed by atoms with Crippen molar-refractivity contribution >= 4 is 5.91 Å². The van der Waals surface area contributed by atoms with Gasteiger partial charge in [0.05, 0.1) is 11.8 Å². The van der Waals surface area contributed by atoms with Crippen LogP contribution in [0.4, 0.5) is 13.2 Å². The Hall–Kier alpha value is -0.780. The van der Waals surface area contributed by atoms with E-state index in [2.05, 4.69) is 5.32 Å². The number of nitrogens with one attached hydrogen (secondary N) is 1. The van der Waals surface area contributed by atoms with E-state index in [1.54, 1.807) is 0 Å². The van der Waals surface area contributed by atoms with E-state index in [1.165, 1.54) is 0 Å². The molecular weight excluding hydrogens is 281 g/mol. The molecule has 2 aliphatic rings. The van der Waals surface area contributed by atoms with E-state index in [9.17, 15) is 18.0 Å². The molecule has 2 rings (SSSR count). The van der Waals surface area contributed by atoms with Gasteiger partial charge in [0.2, 0.25) is 5.91 Å². The lowest BCUT2D eigenvalue weighted by Gasteiger charge is -2.35. The first-order valence-electron chi connectivity index (χ1n) is 8.02. The minimum atomic E-state index is -4.23. The quantitative estimate of drug-likeness (QED) is 0.770. The van der Waals surface area contributed by atoms with Gasteiger partial charge in [-0.1, -0.05) is 32.1 Å². The first-order chi connectivity index (χ1) is 9.89. The maximum absolute atomic E-state index is 13.0. The lowest BCUT2D eigenvalue weighted by atomic mass is 9.83. The minimum Gasteiger partial charge on any atom is -0.352 e. The second-order valence-electron chi connectivity index (χ2n) is 6.46. The normalized spacial score (nSPS) is 35.0. The lowest BCUT2D eigenvalue weighted by Crippen LogP contribution is -2.51. The van der Waals surface area contributed by atoms with E-state index in [1.807, 2.05) is 0 Å². The highest BCUT2D eigenvalue weighted by molar-refractivity contribution is 5.79. The van der Waals surface area contributed by atoms with Crippen LogP contribution in [0.3, 0.4) is 0 Å². The van der Waals surface area contributed by atoms with Crippen LogP contribution in [-0.4, -0.2) is 24.2 Å². The van der Waals surface area contributed by atoms with Gasteiger partial charge in [0.25, 0.3) is 0 Å². The Morgan fingerprint density at radius 3 is 2.29 bits per heavy atom. The molecule has 0 radical (unpaired) electrons. The smallest absolute Gasteiger partial charge is 0.352 e. The molecule has 4 atom stereocenters. The average Bonchev–Trinajstić information content (AvgIpc) is 2.62.